The molecule has 0 aliphatic heterocycles. The Bertz CT molecular complexity index is 592. The van der Waals surface area contributed by atoms with Crippen molar-refractivity contribution < 1.29 is 0 Å². The van der Waals surface area contributed by atoms with Crippen LogP contribution in [-0.2, 0) is 7.05 Å². The molecule has 2 heterocycles. The summed E-state index contributed by atoms with van der Waals surface area (Å²) in [5.41, 5.74) is 1.40. The molecule has 0 bridgehead atoms. The Hall–Kier alpha value is -2.15. The van der Waals surface area contributed by atoms with Crippen LogP contribution >= 0.6 is 0 Å². The maximum Gasteiger partial charge on any atom is 0.251 e. The van der Waals surface area contributed by atoms with E-state index >= 15 is 0 Å². The minimum atomic E-state index is -0.135. The number of aryl methyl sites for hydroxylation is 1. The van der Waals surface area contributed by atoms with Gasteiger partial charge in [0.05, 0.1) is 11.0 Å². The maximum absolute atomic E-state index is 11.2. The fraction of sp³-hybridized carbons (Fsp3) is 0.100. The minimum absolute atomic E-state index is 0.135. The molecule has 0 saturated heterocycles. The molecule has 0 amide bonds. The number of pyridine rings is 2. The van der Waals surface area contributed by atoms with Crippen molar-refractivity contribution in [2.45, 2.75) is 0 Å². The molecule has 0 spiro atoms. The first kappa shape index (κ1) is 8.45. The average molecular weight is 184 g/mol. The molecule has 2 rings (SSSR count). The minimum Gasteiger partial charge on any atom is -0.310 e. The summed E-state index contributed by atoms with van der Waals surface area (Å²) in [6, 6.07) is 9.26. The third-order valence-electron chi connectivity index (χ3n) is 2.01. The number of fused-ring (bicyclic) bond motifs is 1. The topological polar surface area (TPSA) is 58.7 Å². The predicted octanol–water partition coefficient (Wildman–Crippen LogP) is 0.605. The Balaban J connectivity index is 2.89. The smallest absolute Gasteiger partial charge is 0.251 e. The van der Waals surface area contributed by atoms with Crippen LogP contribution in [0, 0.1) is 17.4 Å². The van der Waals surface area contributed by atoms with Gasteiger partial charge in [0.1, 0.15) is 11.8 Å². The number of hydrogen-bond acceptors (Lipinski definition) is 3. The highest BCUT2D eigenvalue weighted by molar-refractivity contribution is 5.74. The van der Waals surface area contributed by atoms with E-state index in [1.165, 1.54) is 10.6 Å². The Labute approximate surface area is 80.0 Å². The zero-order chi connectivity index (χ0) is 10.1. The summed E-state index contributed by atoms with van der Waals surface area (Å²) in [4.78, 5) is 15.2. The van der Waals surface area contributed by atoms with Gasteiger partial charge in [0.25, 0.3) is 5.56 Å². The summed E-state index contributed by atoms with van der Waals surface area (Å²) >= 11 is 0. The summed E-state index contributed by atoms with van der Waals surface area (Å²) in [6.07, 6.45) is 0. The van der Waals surface area contributed by atoms with Crippen molar-refractivity contribution in [1.29, 1.82) is 5.26 Å². The molecule has 2 aromatic heterocycles. The average Bonchev–Trinajstić information content (AvgIpc) is 2.23. The van der Waals surface area contributed by atoms with E-state index in [-0.39, 0.29) is 5.56 Å². The Morgan fingerprint density at radius 2 is 2.36 bits per heavy atom. The number of aromatic nitrogens is 2. The van der Waals surface area contributed by atoms with Crippen molar-refractivity contribution in [1.82, 2.24) is 9.55 Å². The van der Waals surface area contributed by atoms with E-state index in [4.69, 9.17) is 5.26 Å². The lowest BCUT2D eigenvalue weighted by atomic mass is 10.3. The maximum atomic E-state index is 11.2. The van der Waals surface area contributed by atoms with Crippen molar-refractivity contribution in [3.05, 3.63) is 40.3 Å². The zero-order valence-corrected chi connectivity index (χ0v) is 7.48. The summed E-state index contributed by atoms with van der Waals surface area (Å²) in [5.74, 6) is 0. The standard InChI is InChI=1S/C10H6N3O/c1-13-9-4-2-7(6-11)12-8(9)3-5-10(13)14/h2,4-5H,1H3. The molecule has 0 unspecified atom stereocenters. The van der Waals surface area contributed by atoms with Gasteiger partial charge in [0.15, 0.2) is 0 Å². The summed E-state index contributed by atoms with van der Waals surface area (Å²) in [7, 11) is 1.66. The first-order chi connectivity index (χ1) is 6.72. The molecular weight excluding hydrogens is 178 g/mol. The van der Waals surface area contributed by atoms with Gasteiger partial charge < -0.3 is 4.57 Å². The number of hydrogen-bond donors (Lipinski definition) is 0. The van der Waals surface area contributed by atoms with Crippen LogP contribution in [0.5, 0.6) is 0 Å². The molecule has 0 aliphatic rings. The summed E-state index contributed by atoms with van der Waals surface area (Å²) in [5, 5.41) is 8.63. The van der Waals surface area contributed by atoms with Crippen LogP contribution in [0.1, 0.15) is 5.69 Å². The van der Waals surface area contributed by atoms with Gasteiger partial charge in [-0.05, 0) is 12.1 Å². The highest BCUT2D eigenvalue weighted by atomic mass is 16.1. The molecule has 4 heteroatoms. The summed E-state index contributed by atoms with van der Waals surface area (Å²) < 4.78 is 1.47. The molecule has 0 N–H and O–H groups in total. The first-order valence-corrected chi connectivity index (χ1v) is 4.01. The van der Waals surface area contributed by atoms with Crippen LogP contribution in [0.3, 0.4) is 0 Å². The number of nitrogens with zero attached hydrogens (tertiary/aromatic N) is 3. The molecular formula is C10H6N3O. The van der Waals surface area contributed by atoms with Gasteiger partial charge in [-0.3, -0.25) is 4.79 Å². The molecule has 0 fully saturated rings. The van der Waals surface area contributed by atoms with Crippen LogP contribution in [0.2, 0.25) is 0 Å². The van der Waals surface area contributed by atoms with Crippen LogP contribution in [0.4, 0.5) is 0 Å². The van der Waals surface area contributed by atoms with Gasteiger partial charge >= 0.3 is 0 Å². The Kier molecular flexibility index (Phi) is 1.79. The van der Waals surface area contributed by atoms with Crippen LogP contribution in [0.15, 0.2) is 23.0 Å². The fourth-order valence-corrected chi connectivity index (χ4v) is 1.24. The van der Waals surface area contributed by atoms with Crippen LogP contribution < -0.4 is 5.56 Å². The zero-order valence-electron chi connectivity index (χ0n) is 7.48. The molecule has 4 nitrogen and oxygen atoms in total. The fourth-order valence-electron chi connectivity index (χ4n) is 1.24. The highest BCUT2D eigenvalue weighted by Gasteiger charge is 2.01. The SMILES string of the molecule is Cn1c(=O)c[c]c2nc(C#N)ccc21. The lowest BCUT2D eigenvalue weighted by molar-refractivity contribution is 0.902. The van der Waals surface area contributed by atoms with Gasteiger partial charge in [-0.25, -0.2) is 4.98 Å². The molecule has 2 aromatic rings. The second-order valence-corrected chi connectivity index (χ2v) is 2.86. The van der Waals surface area contributed by atoms with E-state index < -0.39 is 0 Å². The second kappa shape index (κ2) is 2.96. The van der Waals surface area contributed by atoms with Crippen LogP contribution in [-0.4, -0.2) is 9.55 Å². The molecule has 0 aliphatic carbocycles. The first-order valence-electron chi connectivity index (χ1n) is 4.01. The lowest BCUT2D eigenvalue weighted by Crippen LogP contribution is -2.15. The molecule has 0 saturated carbocycles. The quantitative estimate of drug-likeness (QED) is 0.602. The third kappa shape index (κ3) is 1.15. The third-order valence-corrected chi connectivity index (χ3v) is 2.01. The molecule has 0 atom stereocenters. The van der Waals surface area contributed by atoms with Crippen molar-refractivity contribution in [2.24, 2.45) is 7.05 Å². The van der Waals surface area contributed by atoms with E-state index in [0.717, 1.165) is 0 Å². The van der Waals surface area contributed by atoms with Crippen molar-refractivity contribution in [3.8, 4) is 6.07 Å². The van der Waals surface area contributed by atoms with Crippen molar-refractivity contribution >= 4 is 11.0 Å². The molecule has 1 radical (unpaired) electrons. The van der Waals surface area contributed by atoms with Gasteiger partial charge in [-0.2, -0.15) is 5.26 Å². The van der Waals surface area contributed by atoms with Gasteiger partial charge in [0.2, 0.25) is 0 Å². The van der Waals surface area contributed by atoms with E-state index in [2.05, 4.69) is 11.1 Å². The monoisotopic (exact) mass is 184 g/mol. The van der Waals surface area contributed by atoms with E-state index in [9.17, 15) is 4.79 Å². The normalized spacial score (nSPS) is 10.0. The summed E-state index contributed by atoms with van der Waals surface area (Å²) in [6.45, 7) is 0. The van der Waals surface area contributed by atoms with Gasteiger partial charge in [-0.1, -0.05) is 0 Å². The van der Waals surface area contributed by atoms with Crippen molar-refractivity contribution in [2.75, 3.05) is 0 Å². The number of rotatable bonds is 0. The number of nitriles is 1. The van der Waals surface area contributed by atoms with Crippen molar-refractivity contribution in [3.63, 3.8) is 0 Å². The van der Waals surface area contributed by atoms with Gasteiger partial charge in [0, 0.05) is 19.2 Å². The Morgan fingerprint density at radius 1 is 1.57 bits per heavy atom. The Morgan fingerprint density at radius 3 is 3.07 bits per heavy atom. The second-order valence-electron chi connectivity index (χ2n) is 2.86. The largest absolute Gasteiger partial charge is 0.310 e. The molecule has 67 valence electrons. The molecule has 0 aromatic carbocycles. The van der Waals surface area contributed by atoms with Crippen LogP contribution in [0.25, 0.3) is 11.0 Å². The molecule has 14 heavy (non-hydrogen) atoms. The van der Waals surface area contributed by atoms with E-state index in [0.29, 0.717) is 16.7 Å². The van der Waals surface area contributed by atoms with Gasteiger partial charge in [-0.15, -0.1) is 0 Å². The lowest BCUT2D eigenvalue weighted by Gasteiger charge is -2.01. The van der Waals surface area contributed by atoms with E-state index in [1.54, 1.807) is 19.2 Å². The predicted molar refractivity (Wildman–Crippen MR) is 50.5 cm³/mol. The van der Waals surface area contributed by atoms with E-state index in [1.807, 2.05) is 6.07 Å². The highest BCUT2D eigenvalue weighted by Crippen LogP contribution is 2.07.